The van der Waals surface area contributed by atoms with Crippen molar-refractivity contribution >= 4 is 11.3 Å². The van der Waals surface area contributed by atoms with Crippen LogP contribution in [0.1, 0.15) is 29.4 Å². The summed E-state index contributed by atoms with van der Waals surface area (Å²) >= 11 is 1.59. The number of aliphatic hydroxyl groups excluding tert-OH is 1. The van der Waals surface area contributed by atoms with Crippen LogP contribution in [0.25, 0.3) is 0 Å². The first-order chi connectivity index (χ1) is 5.74. The highest BCUT2D eigenvalue weighted by molar-refractivity contribution is 7.10. The number of aliphatic hydroxyl groups is 1. The molecule has 0 aliphatic carbocycles. The van der Waals surface area contributed by atoms with E-state index in [0.717, 1.165) is 4.88 Å². The summed E-state index contributed by atoms with van der Waals surface area (Å²) in [6.07, 6.45) is 6.03. The van der Waals surface area contributed by atoms with Crippen molar-refractivity contribution < 1.29 is 5.11 Å². The van der Waals surface area contributed by atoms with Gasteiger partial charge >= 0.3 is 0 Å². The summed E-state index contributed by atoms with van der Waals surface area (Å²) < 4.78 is 0. The Morgan fingerprint density at radius 1 is 1.75 bits per heavy atom. The lowest BCUT2D eigenvalue weighted by atomic mass is 10.1. The summed E-state index contributed by atoms with van der Waals surface area (Å²) in [6.45, 7) is 2.02. The maximum absolute atomic E-state index is 9.58. The Hall–Kier alpha value is -0.780. The molecule has 0 aliphatic heterocycles. The molecule has 0 fully saturated rings. The molecule has 1 aromatic heterocycles. The first-order valence-electron chi connectivity index (χ1n) is 3.90. The second-order valence-corrected chi connectivity index (χ2v) is 3.73. The number of aryl methyl sites for hydroxylation is 1. The molecule has 12 heavy (non-hydrogen) atoms. The predicted molar refractivity (Wildman–Crippen MR) is 52.1 cm³/mol. The van der Waals surface area contributed by atoms with Gasteiger partial charge in [-0.2, -0.15) is 0 Å². The monoisotopic (exact) mass is 180 g/mol. The van der Waals surface area contributed by atoms with Crippen LogP contribution in [0.2, 0.25) is 0 Å². The molecule has 2 heteroatoms. The average Bonchev–Trinajstić information content (AvgIpc) is 2.47. The molecule has 64 valence electrons. The maximum atomic E-state index is 9.58. The van der Waals surface area contributed by atoms with E-state index in [4.69, 9.17) is 6.42 Å². The second-order valence-electron chi connectivity index (χ2n) is 2.79. The molecule has 0 aromatic carbocycles. The Kier molecular flexibility index (Phi) is 3.33. The van der Waals surface area contributed by atoms with Crippen LogP contribution in [0, 0.1) is 19.3 Å². The molecular formula is C10H12OS. The van der Waals surface area contributed by atoms with E-state index in [1.807, 2.05) is 18.4 Å². The maximum Gasteiger partial charge on any atom is 0.0891 e. The smallest absolute Gasteiger partial charge is 0.0891 e. The summed E-state index contributed by atoms with van der Waals surface area (Å²) in [4.78, 5) is 1.02. The van der Waals surface area contributed by atoms with Gasteiger partial charge in [-0.3, -0.25) is 0 Å². The Balaban J connectivity index is 2.54. The average molecular weight is 180 g/mol. The second kappa shape index (κ2) is 4.30. The minimum Gasteiger partial charge on any atom is -0.388 e. The van der Waals surface area contributed by atoms with Gasteiger partial charge in [0.2, 0.25) is 0 Å². The molecule has 0 amide bonds. The van der Waals surface area contributed by atoms with Crippen molar-refractivity contribution in [1.82, 2.24) is 0 Å². The fraction of sp³-hybridized carbons (Fsp3) is 0.400. The van der Waals surface area contributed by atoms with Crippen molar-refractivity contribution in [2.45, 2.75) is 25.9 Å². The number of hydrogen-bond donors (Lipinski definition) is 1. The van der Waals surface area contributed by atoms with Crippen molar-refractivity contribution in [2.24, 2.45) is 0 Å². The zero-order chi connectivity index (χ0) is 8.97. The lowest BCUT2D eigenvalue weighted by molar-refractivity contribution is 0.173. The molecule has 1 N–H and O–H groups in total. The van der Waals surface area contributed by atoms with E-state index in [2.05, 4.69) is 5.92 Å². The van der Waals surface area contributed by atoms with Crippen LogP contribution >= 0.6 is 11.3 Å². The molecule has 1 rings (SSSR count). The lowest BCUT2D eigenvalue weighted by Gasteiger charge is -2.04. The van der Waals surface area contributed by atoms with E-state index in [0.29, 0.717) is 12.8 Å². The minimum atomic E-state index is -0.375. The Morgan fingerprint density at radius 2 is 2.50 bits per heavy atom. The predicted octanol–water partition coefficient (Wildman–Crippen LogP) is 2.50. The van der Waals surface area contributed by atoms with Crippen LogP contribution in [0.4, 0.5) is 0 Å². The van der Waals surface area contributed by atoms with Gasteiger partial charge in [-0.05, 0) is 30.4 Å². The van der Waals surface area contributed by atoms with E-state index in [1.165, 1.54) is 5.56 Å². The molecule has 0 aliphatic rings. The first-order valence-corrected chi connectivity index (χ1v) is 4.78. The third-order valence-corrected chi connectivity index (χ3v) is 2.79. The van der Waals surface area contributed by atoms with Crippen LogP contribution in [-0.4, -0.2) is 5.11 Å². The first kappa shape index (κ1) is 9.31. The Morgan fingerprint density at radius 3 is 3.00 bits per heavy atom. The summed E-state index contributed by atoms with van der Waals surface area (Å²) in [7, 11) is 0. The van der Waals surface area contributed by atoms with Gasteiger partial charge in [0.25, 0.3) is 0 Å². The van der Waals surface area contributed by atoms with E-state index >= 15 is 0 Å². The SMILES string of the molecule is C#CCCC(O)c1cc(C)cs1. The van der Waals surface area contributed by atoms with Gasteiger partial charge in [-0.1, -0.05) is 0 Å². The van der Waals surface area contributed by atoms with Gasteiger partial charge in [0, 0.05) is 11.3 Å². The fourth-order valence-electron chi connectivity index (χ4n) is 0.990. The summed E-state index contributed by atoms with van der Waals surface area (Å²) in [5.74, 6) is 2.52. The third kappa shape index (κ3) is 2.37. The van der Waals surface area contributed by atoms with Crippen LogP contribution in [0.5, 0.6) is 0 Å². The number of rotatable bonds is 3. The number of thiophene rings is 1. The van der Waals surface area contributed by atoms with Crippen molar-refractivity contribution in [3.05, 3.63) is 21.9 Å². The van der Waals surface area contributed by atoms with E-state index in [9.17, 15) is 5.11 Å². The molecule has 1 aromatic rings. The van der Waals surface area contributed by atoms with Gasteiger partial charge in [-0.15, -0.1) is 23.7 Å². The zero-order valence-corrected chi connectivity index (χ0v) is 7.90. The normalized spacial score (nSPS) is 12.4. The van der Waals surface area contributed by atoms with Crippen LogP contribution in [0.3, 0.4) is 0 Å². The summed E-state index contributed by atoms with van der Waals surface area (Å²) in [6, 6.07) is 2.01. The highest BCUT2D eigenvalue weighted by Gasteiger charge is 2.07. The zero-order valence-electron chi connectivity index (χ0n) is 7.08. The fourth-order valence-corrected chi connectivity index (χ4v) is 1.91. The molecule has 1 heterocycles. The third-order valence-electron chi connectivity index (χ3n) is 1.64. The van der Waals surface area contributed by atoms with Gasteiger partial charge < -0.3 is 5.11 Å². The molecule has 0 spiro atoms. The number of terminal acetylenes is 1. The minimum absolute atomic E-state index is 0.375. The van der Waals surface area contributed by atoms with E-state index in [1.54, 1.807) is 11.3 Å². The van der Waals surface area contributed by atoms with Gasteiger partial charge in [0.1, 0.15) is 0 Å². The lowest BCUT2D eigenvalue weighted by Crippen LogP contribution is -1.92. The quantitative estimate of drug-likeness (QED) is 0.709. The molecule has 1 atom stereocenters. The van der Waals surface area contributed by atoms with Crippen LogP contribution in [0.15, 0.2) is 11.4 Å². The van der Waals surface area contributed by atoms with Gasteiger partial charge in [-0.25, -0.2) is 0 Å². The van der Waals surface area contributed by atoms with Crippen molar-refractivity contribution in [3.63, 3.8) is 0 Å². The molecule has 0 bridgehead atoms. The molecule has 0 radical (unpaired) electrons. The Labute approximate surface area is 77.1 Å². The van der Waals surface area contributed by atoms with Crippen molar-refractivity contribution in [3.8, 4) is 12.3 Å². The molecule has 0 saturated heterocycles. The molecular weight excluding hydrogens is 168 g/mol. The topological polar surface area (TPSA) is 20.2 Å². The largest absolute Gasteiger partial charge is 0.388 e. The standard InChI is InChI=1S/C10H12OS/c1-3-4-5-9(11)10-6-8(2)7-12-10/h1,6-7,9,11H,4-5H2,2H3. The number of hydrogen-bond acceptors (Lipinski definition) is 2. The molecule has 1 nitrogen and oxygen atoms in total. The Bertz CT molecular complexity index is 282. The van der Waals surface area contributed by atoms with Gasteiger partial charge in [0.15, 0.2) is 0 Å². The van der Waals surface area contributed by atoms with E-state index < -0.39 is 0 Å². The van der Waals surface area contributed by atoms with Crippen LogP contribution < -0.4 is 0 Å². The van der Waals surface area contributed by atoms with Crippen LogP contribution in [-0.2, 0) is 0 Å². The van der Waals surface area contributed by atoms with Gasteiger partial charge in [0.05, 0.1) is 6.10 Å². The summed E-state index contributed by atoms with van der Waals surface area (Å²) in [5.41, 5.74) is 1.20. The van der Waals surface area contributed by atoms with Crippen molar-refractivity contribution in [1.29, 1.82) is 0 Å². The summed E-state index contributed by atoms with van der Waals surface area (Å²) in [5, 5.41) is 11.6. The molecule has 0 saturated carbocycles. The molecule has 1 unspecified atom stereocenters. The highest BCUT2D eigenvalue weighted by atomic mass is 32.1. The van der Waals surface area contributed by atoms with E-state index in [-0.39, 0.29) is 6.10 Å². The highest BCUT2D eigenvalue weighted by Crippen LogP contribution is 2.24. The van der Waals surface area contributed by atoms with Crippen molar-refractivity contribution in [2.75, 3.05) is 0 Å².